The molecule has 0 aliphatic carbocycles. The van der Waals surface area contributed by atoms with Gasteiger partial charge in [-0.3, -0.25) is 0 Å². The van der Waals surface area contributed by atoms with Gasteiger partial charge in [-0.2, -0.15) is 0 Å². The van der Waals surface area contributed by atoms with E-state index in [9.17, 15) is 4.79 Å². The molecule has 88 valence electrons. The largest absolute Gasteiger partial charge is 0.478 e. The molecule has 0 saturated heterocycles. The Balaban J connectivity index is 2.37. The lowest BCUT2D eigenvalue weighted by molar-refractivity contribution is 0.0697. The lowest BCUT2D eigenvalue weighted by Crippen LogP contribution is -2.05. The molecule has 0 spiro atoms. The number of carboxylic acids is 1. The van der Waals surface area contributed by atoms with Crippen LogP contribution in [0, 0.1) is 0 Å². The maximum absolute atomic E-state index is 10.9. The fraction of sp³-hybridized carbons (Fsp3) is 0.125. The van der Waals surface area contributed by atoms with Crippen LogP contribution < -0.4 is 5.73 Å². The van der Waals surface area contributed by atoms with Gasteiger partial charge < -0.3 is 10.8 Å². The van der Waals surface area contributed by atoms with E-state index >= 15 is 0 Å². The first kappa shape index (κ1) is 11.3. The summed E-state index contributed by atoms with van der Waals surface area (Å²) in [5.41, 5.74) is 5.83. The van der Waals surface area contributed by atoms with E-state index in [1.807, 2.05) is 0 Å². The number of nitrogens with zero attached hydrogens (tertiary/aromatic N) is 5. The van der Waals surface area contributed by atoms with Gasteiger partial charge in [0.05, 0.1) is 11.3 Å². The molecule has 0 unspecified atom stereocenters. The van der Waals surface area contributed by atoms with Gasteiger partial charge in [-0.15, -0.1) is 5.10 Å². The molecule has 2 heterocycles. The van der Waals surface area contributed by atoms with Gasteiger partial charge in [-0.1, -0.05) is 0 Å². The van der Waals surface area contributed by atoms with Crippen LogP contribution in [0.25, 0.3) is 0 Å². The van der Waals surface area contributed by atoms with E-state index in [0.717, 1.165) is 11.8 Å². The number of hydrogen-bond acceptors (Lipinski definition) is 7. The smallest absolute Gasteiger partial charge is 0.337 e. The van der Waals surface area contributed by atoms with Crippen LogP contribution in [0.4, 0.5) is 5.69 Å². The number of rotatable bonds is 3. The summed E-state index contributed by atoms with van der Waals surface area (Å²) >= 11 is 1.11. The number of nitrogen functional groups attached to an aromatic ring is 1. The van der Waals surface area contributed by atoms with E-state index in [2.05, 4.69) is 20.5 Å². The topological polar surface area (TPSA) is 120 Å². The molecule has 0 bridgehead atoms. The number of carbonyl (C=O) groups is 1. The number of pyridine rings is 1. The molecule has 3 N–H and O–H groups in total. The fourth-order valence-electron chi connectivity index (χ4n) is 1.12. The standard InChI is InChI=1S/C8H8N6O2S/c1-14-8(11-12-13-14)17-6-5(9)4(7(15)16)2-3-10-6/h2-3H,9H2,1H3,(H,15,16). The SMILES string of the molecule is Cn1nnnc1Sc1nccc(C(=O)O)c1N. The summed E-state index contributed by atoms with van der Waals surface area (Å²) in [6.07, 6.45) is 1.38. The van der Waals surface area contributed by atoms with Crippen molar-refractivity contribution in [3.63, 3.8) is 0 Å². The number of anilines is 1. The summed E-state index contributed by atoms with van der Waals surface area (Å²) in [5, 5.41) is 20.6. The summed E-state index contributed by atoms with van der Waals surface area (Å²) in [4.78, 5) is 14.9. The molecule has 9 heteroatoms. The van der Waals surface area contributed by atoms with Crippen molar-refractivity contribution in [3.8, 4) is 0 Å². The van der Waals surface area contributed by atoms with Gasteiger partial charge in [0.15, 0.2) is 0 Å². The first-order chi connectivity index (χ1) is 8.09. The zero-order chi connectivity index (χ0) is 12.4. The molecule has 0 fully saturated rings. The van der Waals surface area contributed by atoms with E-state index in [-0.39, 0.29) is 11.3 Å². The van der Waals surface area contributed by atoms with E-state index in [4.69, 9.17) is 10.8 Å². The Morgan fingerprint density at radius 3 is 2.94 bits per heavy atom. The minimum Gasteiger partial charge on any atom is -0.478 e. The summed E-state index contributed by atoms with van der Waals surface area (Å²) in [7, 11) is 1.67. The third-order valence-electron chi connectivity index (χ3n) is 1.95. The van der Waals surface area contributed by atoms with Crippen molar-refractivity contribution in [2.45, 2.75) is 10.2 Å². The second-order valence-electron chi connectivity index (χ2n) is 3.07. The van der Waals surface area contributed by atoms with Gasteiger partial charge in [0.2, 0.25) is 5.16 Å². The number of carboxylic acid groups (broad SMARTS) is 1. The predicted molar refractivity (Wildman–Crippen MR) is 58.5 cm³/mol. The Bertz CT molecular complexity index is 569. The average Bonchev–Trinajstić information content (AvgIpc) is 2.67. The van der Waals surface area contributed by atoms with Crippen LogP contribution in [0.15, 0.2) is 22.4 Å². The third-order valence-corrected chi connectivity index (χ3v) is 3.00. The monoisotopic (exact) mass is 252 g/mol. The molecule has 0 aliphatic heterocycles. The van der Waals surface area contributed by atoms with Crippen LogP contribution in [-0.4, -0.2) is 36.3 Å². The normalized spacial score (nSPS) is 10.4. The first-order valence-electron chi connectivity index (χ1n) is 4.47. The molecular weight excluding hydrogens is 244 g/mol. The van der Waals surface area contributed by atoms with Crippen molar-refractivity contribution >= 4 is 23.4 Å². The van der Waals surface area contributed by atoms with E-state index < -0.39 is 5.97 Å². The van der Waals surface area contributed by atoms with Crippen molar-refractivity contribution in [1.29, 1.82) is 0 Å². The number of aryl methyl sites for hydroxylation is 1. The van der Waals surface area contributed by atoms with Crippen LogP contribution in [0.2, 0.25) is 0 Å². The maximum Gasteiger partial charge on any atom is 0.337 e. The molecule has 0 saturated carbocycles. The Kier molecular flexibility index (Phi) is 2.91. The van der Waals surface area contributed by atoms with Crippen LogP contribution in [-0.2, 0) is 7.05 Å². The van der Waals surface area contributed by atoms with Crippen molar-refractivity contribution in [2.24, 2.45) is 7.05 Å². The van der Waals surface area contributed by atoms with E-state index in [0.29, 0.717) is 10.2 Å². The van der Waals surface area contributed by atoms with Crippen molar-refractivity contribution < 1.29 is 9.90 Å². The van der Waals surface area contributed by atoms with Crippen LogP contribution in [0.5, 0.6) is 0 Å². The van der Waals surface area contributed by atoms with Crippen molar-refractivity contribution in [3.05, 3.63) is 17.8 Å². The second kappa shape index (κ2) is 4.37. The Morgan fingerprint density at radius 2 is 2.35 bits per heavy atom. The van der Waals surface area contributed by atoms with Gasteiger partial charge in [-0.05, 0) is 28.3 Å². The quantitative estimate of drug-likeness (QED) is 0.785. The predicted octanol–water partition coefficient (Wildman–Crippen LogP) is 0.0367. The molecule has 8 nitrogen and oxygen atoms in total. The third kappa shape index (κ3) is 2.18. The van der Waals surface area contributed by atoms with E-state index in [1.165, 1.54) is 16.9 Å². The van der Waals surface area contributed by atoms with Gasteiger partial charge >= 0.3 is 5.97 Å². The lowest BCUT2D eigenvalue weighted by atomic mass is 10.2. The van der Waals surface area contributed by atoms with Gasteiger partial charge in [0.25, 0.3) is 0 Å². The van der Waals surface area contributed by atoms with Crippen molar-refractivity contribution in [2.75, 3.05) is 5.73 Å². The maximum atomic E-state index is 10.9. The van der Waals surface area contributed by atoms with Gasteiger partial charge in [0, 0.05) is 13.2 Å². The number of tetrazole rings is 1. The highest BCUT2D eigenvalue weighted by Crippen LogP contribution is 2.29. The molecule has 0 atom stereocenters. The average molecular weight is 252 g/mol. The molecule has 0 radical (unpaired) electrons. The number of nitrogens with two attached hydrogens (primary N) is 1. The summed E-state index contributed by atoms with van der Waals surface area (Å²) < 4.78 is 1.44. The Labute approximate surface area is 99.8 Å². The summed E-state index contributed by atoms with van der Waals surface area (Å²) in [6, 6.07) is 1.34. The number of hydrogen-bond donors (Lipinski definition) is 2. The molecule has 0 aliphatic rings. The molecule has 17 heavy (non-hydrogen) atoms. The highest BCUT2D eigenvalue weighted by molar-refractivity contribution is 7.99. The first-order valence-corrected chi connectivity index (χ1v) is 5.29. The van der Waals surface area contributed by atoms with Crippen LogP contribution in [0.3, 0.4) is 0 Å². The summed E-state index contributed by atoms with van der Waals surface area (Å²) in [5.74, 6) is -1.09. The van der Waals surface area contributed by atoms with Gasteiger partial charge in [-0.25, -0.2) is 14.5 Å². The molecule has 0 amide bonds. The fourth-order valence-corrected chi connectivity index (χ4v) is 1.87. The number of aromatic carboxylic acids is 1. The minimum atomic E-state index is -1.09. The zero-order valence-corrected chi connectivity index (χ0v) is 9.55. The van der Waals surface area contributed by atoms with Crippen LogP contribution >= 0.6 is 11.8 Å². The number of aromatic nitrogens is 5. The van der Waals surface area contributed by atoms with E-state index in [1.54, 1.807) is 7.05 Å². The highest BCUT2D eigenvalue weighted by Gasteiger charge is 2.15. The zero-order valence-electron chi connectivity index (χ0n) is 8.73. The Hall–Kier alpha value is -2.16. The second-order valence-corrected chi connectivity index (χ2v) is 4.03. The Morgan fingerprint density at radius 1 is 1.59 bits per heavy atom. The molecular formula is C8H8N6O2S. The van der Waals surface area contributed by atoms with Gasteiger partial charge in [0.1, 0.15) is 5.03 Å². The molecule has 2 aromatic rings. The highest BCUT2D eigenvalue weighted by atomic mass is 32.2. The lowest BCUT2D eigenvalue weighted by Gasteiger charge is -2.05. The molecule has 2 aromatic heterocycles. The van der Waals surface area contributed by atoms with Crippen molar-refractivity contribution in [1.82, 2.24) is 25.2 Å². The molecule has 0 aromatic carbocycles. The summed E-state index contributed by atoms with van der Waals surface area (Å²) in [6.45, 7) is 0. The minimum absolute atomic E-state index is 0.0117. The molecule has 2 rings (SSSR count). The van der Waals surface area contributed by atoms with Crippen LogP contribution in [0.1, 0.15) is 10.4 Å².